The summed E-state index contributed by atoms with van der Waals surface area (Å²) in [5, 5.41) is 3.48. The van der Waals surface area contributed by atoms with Crippen LogP contribution >= 0.6 is 0 Å². The molecule has 0 unspecified atom stereocenters. The van der Waals surface area contributed by atoms with Crippen molar-refractivity contribution in [2.24, 2.45) is 0 Å². The molecule has 28 heavy (non-hydrogen) atoms. The maximum absolute atomic E-state index is 13.0. The molecule has 0 radical (unpaired) electrons. The van der Waals surface area contributed by atoms with Crippen LogP contribution in [-0.2, 0) is 4.79 Å². The molecule has 2 aromatic rings. The van der Waals surface area contributed by atoms with Crippen LogP contribution in [0, 0.1) is 13.8 Å². The van der Waals surface area contributed by atoms with E-state index in [2.05, 4.69) is 56.2 Å². The Hall–Kier alpha value is -2.68. The highest BCUT2D eigenvalue weighted by atomic mass is 16.1. The van der Waals surface area contributed by atoms with E-state index >= 15 is 0 Å². The fourth-order valence-corrected chi connectivity index (χ4v) is 3.36. The molecule has 1 aromatic carbocycles. The van der Waals surface area contributed by atoms with Crippen molar-refractivity contribution in [2.45, 2.75) is 54.4 Å². The van der Waals surface area contributed by atoms with Gasteiger partial charge in [-0.25, -0.2) is 0 Å². The van der Waals surface area contributed by atoms with Crippen molar-refractivity contribution in [2.75, 3.05) is 6.54 Å². The average molecular weight is 377 g/mol. The van der Waals surface area contributed by atoms with Crippen molar-refractivity contribution in [1.29, 1.82) is 0 Å². The predicted octanol–water partition coefficient (Wildman–Crippen LogP) is 6.02. The number of nitrogens with one attached hydrogen (secondary N) is 1. The second-order valence-corrected chi connectivity index (χ2v) is 7.28. The summed E-state index contributed by atoms with van der Waals surface area (Å²) in [4.78, 5) is 17.3. The first-order valence-electron chi connectivity index (χ1n) is 10.0. The number of benzene rings is 1. The van der Waals surface area contributed by atoms with Crippen LogP contribution in [0.15, 0.2) is 54.0 Å². The molecular weight excluding hydrogens is 344 g/mol. The molecule has 0 atom stereocenters. The van der Waals surface area contributed by atoms with Gasteiger partial charge in [0.1, 0.15) is 0 Å². The summed E-state index contributed by atoms with van der Waals surface area (Å²) in [7, 11) is 0. The number of allylic oxidation sites excluding steroid dienone is 3. The van der Waals surface area contributed by atoms with Gasteiger partial charge in [0.15, 0.2) is 5.78 Å². The number of pyridine rings is 1. The summed E-state index contributed by atoms with van der Waals surface area (Å²) in [6, 6.07) is 8.22. The Bertz CT molecular complexity index is 907. The van der Waals surface area contributed by atoms with E-state index in [1.807, 2.05) is 32.2 Å². The second-order valence-electron chi connectivity index (χ2n) is 7.28. The van der Waals surface area contributed by atoms with Crippen LogP contribution in [0.3, 0.4) is 0 Å². The van der Waals surface area contributed by atoms with E-state index in [-0.39, 0.29) is 5.78 Å². The normalized spacial score (nSPS) is 12.6. The summed E-state index contributed by atoms with van der Waals surface area (Å²) >= 11 is 0. The Balaban J connectivity index is 2.60. The van der Waals surface area contributed by atoms with Gasteiger partial charge in [-0.15, -0.1) is 0 Å². The van der Waals surface area contributed by atoms with Crippen molar-refractivity contribution < 1.29 is 4.79 Å². The van der Waals surface area contributed by atoms with Gasteiger partial charge in [0.2, 0.25) is 0 Å². The minimum absolute atomic E-state index is 0.157. The number of carbonyl (C=O) groups excluding carboxylic acids is 1. The Labute approximate surface area is 169 Å². The van der Waals surface area contributed by atoms with Crippen LogP contribution < -0.4 is 5.32 Å². The van der Waals surface area contributed by atoms with E-state index in [9.17, 15) is 4.79 Å². The largest absolute Gasteiger partial charge is 0.388 e. The topological polar surface area (TPSA) is 42.0 Å². The van der Waals surface area contributed by atoms with Crippen molar-refractivity contribution >= 4 is 11.4 Å². The maximum atomic E-state index is 13.0. The molecule has 0 fully saturated rings. The number of Topliss-reactive ketones (excluding diaryl/α,β-unsaturated/α-hetero) is 1. The summed E-state index contributed by atoms with van der Waals surface area (Å²) in [6.45, 7) is 13.1. The smallest absolute Gasteiger partial charge is 0.164 e. The van der Waals surface area contributed by atoms with Crippen molar-refractivity contribution in [3.8, 4) is 11.1 Å². The van der Waals surface area contributed by atoms with E-state index in [1.54, 1.807) is 6.20 Å². The molecule has 0 saturated carbocycles. The lowest BCUT2D eigenvalue weighted by Crippen LogP contribution is -2.18. The minimum atomic E-state index is 0.157. The number of carbonyl (C=O) groups is 1. The molecular formula is C25H32N2O. The lowest BCUT2D eigenvalue weighted by molar-refractivity contribution is -0.113. The number of aryl methyl sites for hydroxylation is 2. The zero-order valence-electron chi connectivity index (χ0n) is 18.0. The molecule has 0 spiro atoms. The van der Waals surface area contributed by atoms with Crippen molar-refractivity contribution in [3.63, 3.8) is 0 Å². The molecule has 1 aromatic heterocycles. The number of rotatable bonds is 8. The van der Waals surface area contributed by atoms with Gasteiger partial charge in [0.05, 0.1) is 0 Å². The Kier molecular flexibility index (Phi) is 7.74. The molecule has 0 aliphatic rings. The third-order valence-corrected chi connectivity index (χ3v) is 5.23. The van der Waals surface area contributed by atoms with Crippen LogP contribution in [-0.4, -0.2) is 17.3 Å². The van der Waals surface area contributed by atoms with E-state index in [0.29, 0.717) is 6.42 Å². The number of hydrogen-bond acceptors (Lipinski definition) is 3. The summed E-state index contributed by atoms with van der Waals surface area (Å²) in [6.07, 6.45) is 7.26. The summed E-state index contributed by atoms with van der Waals surface area (Å²) in [5.41, 5.74) is 8.46. The average Bonchev–Trinajstić information content (AvgIpc) is 2.69. The van der Waals surface area contributed by atoms with Gasteiger partial charge < -0.3 is 5.32 Å². The standard InChI is InChI=1S/C25H32N2O/c1-7-17(3)12-15-27-20(6)25(23(28)8-2)24-19(5)10-9-11-21(24)22-16-26-14-13-18(22)4/h7,9-11,13-14,16,27H,8,12,15H2,1-6H3/b17-7+,25-20+. The molecule has 0 aliphatic heterocycles. The van der Waals surface area contributed by atoms with Crippen molar-refractivity contribution in [3.05, 3.63) is 70.7 Å². The highest BCUT2D eigenvalue weighted by Gasteiger charge is 2.20. The van der Waals surface area contributed by atoms with Gasteiger partial charge in [-0.2, -0.15) is 0 Å². The number of nitrogens with zero attached hydrogens (tertiary/aromatic N) is 1. The molecule has 2 rings (SSSR count). The number of ketones is 1. The predicted molar refractivity (Wildman–Crippen MR) is 119 cm³/mol. The monoisotopic (exact) mass is 376 g/mol. The third kappa shape index (κ3) is 4.98. The molecule has 148 valence electrons. The summed E-state index contributed by atoms with van der Waals surface area (Å²) in [5.74, 6) is 0.157. The van der Waals surface area contributed by atoms with Gasteiger partial charge in [-0.05, 0) is 69.4 Å². The van der Waals surface area contributed by atoms with E-state index < -0.39 is 0 Å². The zero-order valence-corrected chi connectivity index (χ0v) is 18.0. The number of hydrogen-bond donors (Lipinski definition) is 1. The first kappa shape index (κ1) is 21.6. The lowest BCUT2D eigenvalue weighted by atomic mass is 9.86. The molecule has 1 N–H and O–H groups in total. The van der Waals surface area contributed by atoms with Crippen LogP contribution in [0.25, 0.3) is 16.7 Å². The van der Waals surface area contributed by atoms with Gasteiger partial charge in [-0.3, -0.25) is 9.78 Å². The van der Waals surface area contributed by atoms with Crippen LogP contribution in [0.2, 0.25) is 0 Å². The Morgan fingerprint density at radius 1 is 1.11 bits per heavy atom. The molecule has 0 bridgehead atoms. The molecule has 1 heterocycles. The Morgan fingerprint density at radius 3 is 2.50 bits per heavy atom. The summed E-state index contributed by atoms with van der Waals surface area (Å²) < 4.78 is 0. The van der Waals surface area contributed by atoms with Gasteiger partial charge in [0, 0.05) is 42.2 Å². The lowest BCUT2D eigenvalue weighted by Gasteiger charge is -2.20. The van der Waals surface area contributed by atoms with Gasteiger partial charge >= 0.3 is 0 Å². The fourth-order valence-electron chi connectivity index (χ4n) is 3.36. The first-order chi connectivity index (χ1) is 13.4. The minimum Gasteiger partial charge on any atom is -0.388 e. The van der Waals surface area contributed by atoms with E-state index in [0.717, 1.165) is 52.1 Å². The highest BCUT2D eigenvalue weighted by Crippen LogP contribution is 2.35. The quantitative estimate of drug-likeness (QED) is 0.452. The van der Waals surface area contributed by atoms with E-state index in [4.69, 9.17) is 0 Å². The molecule has 0 aliphatic carbocycles. The molecule has 3 nitrogen and oxygen atoms in total. The van der Waals surface area contributed by atoms with Crippen LogP contribution in [0.4, 0.5) is 0 Å². The SMILES string of the molecule is C/C=C(\C)CCN/C(C)=C(\C(=O)CC)c1c(C)cccc1-c1cnccc1C. The molecule has 3 heteroatoms. The number of aromatic nitrogens is 1. The maximum Gasteiger partial charge on any atom is 0.164 e. The fraction of sp³-hybridized carbons (Fsp3) is 0.360. The highest BCUT2D eigenvalue weighted by molar-refractivity contribution is 6.23. The molecule has 0 saturated heterocycles. The first-order valence-corrected chi connectivity index (χ1v) is 10.0. The van der Waals surface area contributed by atoms with Gasteiger partial charge in [0.25, 0.3) is 0 Å². The van der Waals surface area contributed by atoms with Gasteiger partial charge in [-0.1, -0.05) is 36.8 Å². The third-order valence-electron chi connectivity index (χ3n) is 5.23. The Morgan fingerprint density at radius 2 is 1.86 bits per heavy atom. The van der Waals surface area contributed by atoms with Crippen LogP contribution in [0.5, 0.6) is 0 Å². The molecule has 0 amide bonds. The second kappa shape index (κ2) is 10.0. The van der Waals surface area contributed by atoms with E-state index in [1.165, 1.54) is 5.57 Å². The zero-order chi connectivity index (χ0) is 20.7. The van der Waals surface area contributed by atoms with Crippen molar-refractivity contribution in [1.82, 2.24) is 10.3 Å². The van der Waals surface area contributed by atoms with Crippen LogP contribution in [0.1, 0.15) is 57.2 Å².